The van der Waals surface area contributed by atoms with Crippen LogP contribution in [0.4, 0.5) is 4.39 Å². The van der Waals surface area contributed by atoms with Crippen LogP contribution in [0.15, 0.2) is 18.2 Å². The number of hydrogen-bond acceptors (Lipinski definition) is 3. The van der Waals surface area contributed by atoms with Crippen molar-refractivity contribution in [3.8, 4) is 5.75 Å². The second kappa shape index (κ2) is 4.49. The molecule has 5 heteroatoms. The molecule has 88 valence electrons. The highest BCUT2D eigenvalue weighted by Gasteiger charge is 2.29. The summed E-state index contributed by atoms with van der Waals surface area (Å²) in [6.07, 6.45) is 0.00324. The van der Waals surface area contributed by atoms with Gasteiger partial charge < -0.3 is 15.6 Å². The maximum absolute atomic E-state index is 13.0. The van der Waals surface area contributed by atoms with Crippen LogP contribution in [0, 0.1) is 5.82 Å². The number of carboxylic acid groups (broad SMARTS) is 1. The van der Waals surface area contributed by atoms with Crippen LogP contribution in [0.25, 0.3) is 0 Å². The smallest absolute Gasteiger partial charge is 0.323 e. The first-order chi connectivity index (χ1) is 7.36. The van der Waals surface area contributed by atoms with E-state index in [0.717, 1.165) is 0 Å². The predicted molar refractivity (Wildman–Crippen MR) is 56.9 cm³/mol. The van der Waals surface area contributed by atoms with Crippen LogP contribution in [0.3, 0.4) is 0 Å². The fourth-order valence-electron chi connectivity index (χ4n) is 1.36. The van der Waals surface area contributed by atoms with Crippen LogP contribution in [-0.2, 0) is 11.2 Å². The molecule has 1 unspecified atom stereocenters. The summed E-state index contributed by atoms with van der Waals surface area (Å²) >= 11 is 0. The molecule has 0 amide bonds. The molecular weight excluding hydrogens is 213 g/mol. The Morgan fingerprint density at radius 3 is 2.75 bits per heavy atom. The van der Waals surface area contributed by atoms with E-state index in [1.54, 1.807) is 0 Å². The standard InChI is InChI=1S/C11H14FNO3/c1-11(13,10(14)15)6-7-5-8(12)3-4-9(7)16-2/h3-5H,6,13H2,1-2H3,(H,14,15). The molecule has 3 N–H and O–H groups in total. The van der Waals surface area contributed by atoms with E-state index in [0.29, 0.717) is 11.3 Å². The van der Waals surface area contributed by atoms with Gasteiger partial charge in [0.2, 0.25) is 0 Å². The number of benzene rings is 1. The Hall–Kier alpha value is -1.62. The van der Waals surface area contributed by atoms with Crippen LogP contribution in [-0.4, -0.2) is 23.7 Å². The number of aliphatic carboxylic acids is 1. The van der Waals surface area contributed by atoms with Gasteiger partial charge in [-0.2, -0.15) is 0 Å². The first-order valence-corrected chi connectivity index (χ1v) is 4.71. The van der Waals surface area contributed by atoms with Gasteiger partial charge in [-0.3, -0.25) is 4.79 Å². The molecule has 16 heavy (non-hydrogen) atoms. The van der Waals surface area contributed by atoms with E-state index in [9.17, 15) is 9.18 Å². The number of methoxy groups -OCH3 is 1. The highest BCUT2D eigenvalue weighted by atomic mass is 19.1. The Kier molecular flexibility index (Phi) is 3.49. The van der Waals surface area contributed by atoms with E-state index in [2.05, 4.69) is 0 Å². The van der Waals surface area contributed by atoms with Gasteiger partial charge in [0.1, 0.15) is 17.1 Å². The molecule has 0 radical (unpaired) electrons. The predicted octanol–water partition coefficient (Wildman–Crippen LogP) is 1.18. The second-order valence-electron chi connectivity index (χ2n) is 3.86. The van der Waals surface area contributed by atoms with Crippen LogP contribution >= 0.6 is 0 Å². The molecule has 0 aromatic heterocycles. The number of ether oxygens (including phenoxy) is 1. The third kappa shape index (κ3) is 2.70. The Bertz CT molecular complexity index is 404. The number of rotatable bonds is 4. The summed E-state index contributed by atoms with van der Waals surface area (Å²) < 4.78 is 18.0. The number of halogens is 1. The van der Waals surface area contributed by atoms with E-state index < -0.39 is 17.3 Å². The fraction of sp³-hybridized carbons (Fsp3) is 0.364. The van der Waals surface area contributed by atoms with Crippen LogP contribution in [0.5, 0.6) is 5.75 Å². The van der Waals surface area contributed by atoms with Gasteiger partial charge in [-0.1, -0.05) is 0 Å². The minimum atomic E-state index is -1.44. The van der Waals surface area contributed by atoms with Gasteiger partial charge in [-0.15, -0.1) is 0 Å². The monoisotopic (exact) mass is 227 g/mol. The lowest BCUT2D eigenvalue weighted by Gasteiger charge is -2.20. The van der Waals surface area contributed by atoms with Crippen molar-refractivity contribution in [1.82, 2.24) is 0 Å². The first-order valence-electron chi connectivity index (χ1n) is 4.71. The Morgan fingerprint density at radius 1 is 1.62 bits per heavy atom. The van der Waals surface area contributed by atoms with Crippen molar-refractivity contribution in [1.29, 1.82) is 0 Å². The quantitative estimate of drug-likeness (QED) is 0.810. The summed E-state index contributed by atoms with van der Waals surface area (Å²) in [5, 5.41) is 8.88. The maximum Gasteiger partial charge on any atom is 0.323 e. The molecule has 0 saturated carbocycles. The van der Waals surface area contributed by atoms with Gasteiger partial charge in [0.05, 0.1) is 7.11 Å². The van der Waals surface area contributed by atoms with Crippen molar-refractivity contribution in [2.45, 2.75) is 18.9 Å². The van der Waals surface area contributed by atoms with Crippen molar-refractivity contribution in [2.75, 3.05) is 7.11 Å². The van der Waals surface area contributed by atoms with Crippen LogP contribution in [0.2, 0.25) is 0 Å². The lowest BCUT2D eigenvalue weighted by molar-refractivity contribution is -0.142. The highest BCUT2D eigenvalue weighted by Crippen LogP contribution is 2.23. The van der Waals surface area contributed by atoms with Crippen LogP contribution < -0.4 is 10.5 Å². The molecule has 0 aliphatic carbocycles. The lowest BCUT2D eigenvalue weighted by Crippen LogP contribution is -2.46. The van der Waals surface area contributed by atoms with Crippen molar-refractivity contribution in [3.63, 3.8) is 0 Å². The highest BCUT2D eigenvalue weighted by molar-refractivity contribution is 5.78. The van der Waals surface area contributed by atoms with Gasteiger partial charge in [0.25, 0.3) is 0 Å². The first kappa shape index (κ1) is 12.4. The van der Waals surface area contributed by atoms with Gasteiger partial charge >= 0.3 is 5.97 Å². The summed E-state index contributed by atoms with van der Waals surface area (Å²) in [7, 11) is 1.44. The Balaban J connectivity index is 3.04. The molecule has 0 aliphatic rings. The summed E-state index contributed by atoms with van der Waals surface area (Å²) in [5.41, 5.74) is 4.58. The Labute approximate surface area is 92.8 Å². The average molecular weight is 227 g/mol. The third-order valence-corrected chi connectivity index (χ3v) is 2.29. The van der Waals surface area contributed by atoms with Crippen molar-refractivity contribution in [2.24, 2.45) is 5.73 Å². The van der Waals surface area contributed by atoms with Gasteiger partial charge in [-0.25, -0.2) is 4.39 Å². The summed E-state index contributed by atoms with van der Waals surface area (Å²) in [5.74, 6) is -1.16. The largest absolute Gasteiger partial charge is 0.496 e. The van der Waals surface area contributed by atoms with Gasteiger partial charge in [-0.05, 0) is 30.7 Å². The number of hydrogen-bond donors (Lipinski definition) is 2. The summed E-state index contributed by atoms with van der Waals surface area (Å²) in [6.45, 7) is 1.37. The van der Waals surface area contributed by atoms with E-state index in [1.807, 2.05) is 0 Å². The van der Waals surface area contributed by atoms with E-state index in [1.165, 1.54) is 32.2 Å². The molecule has 0 fully saturated rings. The van der Waals surface area contributed by atoms with E-state index >= 15 is 0 Å². The Morgan fingerprint density at radius 2 is 2.25 bits per heavy atom. The van der Waals surface area contributed by atoms with Crippen molar-refractivity contribution in [3.05, 3.63) is 29.6 Å². The molecule has 4 nitrogen and oxygen atoms in total. The molecular formula is C11H14FNO3. The minimum absolute atomic E-state index is 0.00324. The second-order valence-corrected chi connectivity index (χ2v) is 3.86. The molecule has 0 saturated heterocycles. The summed E-state index contributed by atoms with van der Waals surface area (Å²) in [4.78, 5) is 10.9. The normalized spacial score (nSPS) is 14.2. The molecule has 1 atom stereocenters. The molecule has 1 rings (SSSR count). The molecule has 1 aromatic rings. The maximum atomic E-state index is 13.0. The van der Waals surface area contributed by atoms with E-state index in [4.69, 9.17) is 15.6 Å². The lowest BCUT2D eigenvalue weighted by atomic mass is 9.93. The molecule has 0 spiro atoms. The average Bonchev–Trinajstić information content (AvgIpc) is 2.17. The fourth-order valence-corrected chi connectivity index (χ4v) is 1.36. The van der Waals surface area contributed by atoms with E-state index in [-0.39, 0.29) is 6.42 Å². The number of nitrogens with two attached hydrogens (primary N) is 1. The summed E-state index contributed by atoms with van der Waals surface area (Å²) in [6, 6.07) is 3.92. The zero-order valence-electron chi connectivity index (χ0n) is 9.16. The SMILES string of the molecule is COc1ccc(F)cc1CC(C)(N)C(=O)O. The topological polar surface area (TPSA) is 72.5 Å². The third-order valence-electron chi connectivity index (χ3n) is 2.29. The molecule has 0 bridgehead atoms. The van der Waals surface area contributed by atoms with Crippen molar-refractivity contribution < 1.29 is 19.0 Å². The zero-order chi connectivity index (χ0) is 12.3. The number of carboxylic acids is 1. The molecule has 0 aliphatic heterocycles. The minimum Gasteiger partial charge on any atom is -0.496 e. The zero-order valence-corrected chi connectivity index (χ0v) is 9.16. The molecule has 1 aromatic carbocycles. The van der Waals surface area contributed by atoms with Crippen molar-refractivity contribution >= 4 is 5.97 Å². The molecule has 0 heterocycles. The van der Waals surface area contributed by atoms with Gasteiger partial charge in [0.15, 0.2) is 0 Å². The van der Waals surface area contributed by atoms with Gasteiger partial charge in [0, 0.05) is 6.42 Å². The number of carbonyl (C=O) groups is 1. The van der Waals surface area contributed by atoms with Crippen LogP contribution in [0.1, 0.15) is 12.5 Å².